The van der Waals surface area contributed by atoms with Crippen LogP contribution in [0.3, 0.4) is 0 Å². The quantitative estimate of drug-likeness (QED) is 0.622. The Morgan fingerprint density at radius 2 is 1.79 bits per heavy atom. The first-order valence-corrected chi connectivity index (χ1v) is 13.8. The third-order valence-corrected chi connectivity index (χ3v) is 7.98. The minimum absolute atomic E-state index is 0.0601. The lowest BCUT2D eigenvalue weighted by molar-refractivity contribution is -0.122. The molecule has 3 aliphatic heterocycles. The molecule has 206 valence electrons. The molecule has 0 spiro atoms. The number of halogens is 1. The lowest BCUT2D eigenvalue weighted by atomic mass is 10.0. The molecule has 1 amide bonds. The molecule has 5 rings (SSSR count). The number of fused-ring (bicyclic) bond motifs is 1. The number of pyridine rings is 1. The first-order valence-electron chi connectivity index (χ1n) is 13.8. The van der Waals surface area contributed by atoms with E-state index < -0.39 is 0 Å². The molecule has 0 bridgehead atoms. The smallest absolute Gasteiger partial charge is 0.241 e. The molecular weight excluding hydrogens is 485 g/mol. The van der Waals surface area contributed by atoms with E-state index in [0.717, 1.165) is 44.0 Å². The van der Waals surface area contributed by atoms with Gasteiger partial charge in [0.05, 0.1) is 25.8 Å². The van der Waals surface area contributed by atoms with E-state index in [0.29, 0.717) is 49.3 Å². The molecule has 1 aromatic carbocycles. The summed E-state index contributed by atoms with van der Waals surface area (Å²) in [6.45, 7) is 13.4. The predicted molar refractivity (Wildman–Crippen MR) is 145 cm³/mol. The Kier molecular flexibility index (Phi) is 8.28. The van der Waals surface area contributed by atoms with Crippen molar-refractivity contribution in [3.05, 3.63) is 53.5 Å². The number of amides is 1. The van der Waals surface area contributed by atoms with Crippen molar-refractivity contribution < 1.29 is 18.7 Å². The van der Waals surface area contributed by atoms with E-state index in [1.54, 1.807) is 18.3 Å². The van der Waals surface area contributed by atoms with Crippen LogP contribution in [0.1, 0.15) is 38.8 Å². The number of hydrogen-bond donors (Lipinski definition) is 1. The molecule has 1 N–H and O–H groups in total. The lowest BCUT2D eigenvalue weighted by Crippen LogP contribution is -2.63. The fourth-order valence-electron chi connectivity index (χ4n) is 5.89. The van der Waals surface area contributed by atoms with Gasteiger partial charge in [-0.1, -0.05) is 12.1 Å². The molecule has 0 radical (unpaired) electrons. The van der Waals surface area contributed by atoms with Crippen molar-refractivity contribution in [1.82, 2.24) is 20.1 Å². The third-order valence-electron chi connectivity index (χ3n) is 7.98. The highest BCUT2D eigenvalue weighted by Crippen LogP contribution is 2.33. The second-order valence-corrected chi connectivity index (χ2v) is 11.2. The predicted octanol–water partition coefficient (Wildman–Crippen LogP) is 2.70. The van der Waals surface area contributed by atoms with Crippen LogP contribution in [0, 0.1) is 5.82 Å². The Balaban J connectivity index is 1.33. The number of carbonyl (C=O) groups excluding carboxylic acids is 1. The molecule has 0 aliphatic carbocycles. The molecule has 2 saturated heterocycles. The largest absolute Gasteiger partial charge is 0.474 e. The van der Waals surface area contributed by atoms with Gasteiger partial charge in [0.25, 0.3) is 0 Å². The zero-order valence-electron chi connectivity index (χ0n) is 22.9. The summed E-state index contributed by atoms with van der Waals surface area (Å²) < 4.78 is 25.0. The van der Waals surface area contributed by atoms with Gasteiger partial charge in [-0.15, -0.1) is 0 Å². The molecular formula is C29H40FN5O3. The van der Waals surface area contributed by atoms with Crippen molar-refractivity contribution in [1.29, 1.82) is 0 Å². The van der Waals surface area contributed by atoms with Crippen molar-refractivity contribution in [2.75, 3.05) is 50.9 Å². The van der Waals surface area contributed by atoms with Crippen molar-refractivity contribution in [2.45, 2.75) is 64.3 Å². The zero-order chi connectivity index (χ0) is 26.8. The molecule has 1 aromatic heterocycles. The van der Waals surface area contributed by atoms with Gasteiger partial charge in [-0.2, -0.15) is 0 Å². The van der Waals surface area contributed by atoms with E-state index in [9.17, 15) is 9.18 Å². The van der Waals surface area contributed by atoms with Crippen LogP contribution in [-0.2, 0) is 16.0 Å². The minimum Gasteiger partial charge on any atom is -0.474 e. The Labute approximate surface area is 225 Å². The number of piperazine rings is 1. The van der Waals surface area contributed by atoms with Gasteiger partial charge in [-0.3, -0.25) is 14.6 Å². The highest BCUT2D eigenvalue weighted by Gasteiger charge is 2.36. The Morgan fingerprint density at radius 3 is 2.53 bits per heavy atom. The highest BCUT2D eigenvalue weighted by atomic mass is 19.1. The van der Waals surface area contributed by atoms with Crippen molar-refractivity contribution in [3.8, 4) is 5.88 Å². The number of carbonyl (C=O) groups is 1. The summed E-state index contributed by atoms with van der Waals surface area (Å²) in [4.78, 5) is 25.2. The number of nitrogens with one attached hydrogen (secondary N) is 1. The van der Waals surface area contributed by atoms with Gasteiger partial charge in [0.15, 0.2) is 0 Å². The number of nitrogens with zero attached hydrogens (tertiary/aromatic N) is 4. The van der Waals surface area contributed by atoms with Gasteiger partial charge < -0.3 is 19.7 Å². The third kappa shape index (κ3) is 6.01. The van der Waals surface area contributed by atoms with Crippen LogP contribution in [-0.4, -0.2) is 96.9 Å². The number of ether oxygens (including phenoxy) is 2. The lowest BCUT2D eigenvalue weighted by Gasteiger charge is -2.46. The average Bonchev–Trinajstić information content (AvgIpc) is 2.88. The van der Waals surface area contributed by atoms with Crippen molar-refractivity contribution in [2.24, 2.45) is 0 Å². The van der Waals surface area contributed by atoms with E-state index in [4.69, 9.17) is 9.47 Å². The maximum Gasteiger partial charge on any atom is 0.241 e. The molecule has 5 atom stereocenters. The average molecular weight is 526 g/mol. The Morgan fingerprint density at radius 1 is 1.05 bits per heavy atom. The number of benzene rings is 1. The van der Waals surface area contributed by atoms with Crippen LogP contribution in [0.5, 0.6) is 5.88 Å². The maximum atomic E-state index is 13.9. The molecule has 4 heterocycles. The molecule has 1 unspecified atom stereocenters. The van der Waals surface area contributed by atoms with E-state index in [1.807, 2.05) is 17.9 Å². The van der Waals surface area contributed by atoms with Crippen LogP contribution >= 0.6 is 0 Å². The summed E-state index contributed by atoms with van der Waals surface area (Å²) in [5.41, 5.74) is 2.65. The second-order valence-electron chi connectivity index (χ2n) is 11.2. The Hall–Kier alpha value is -2.59. The summed E-state index contributed by atoms with van der Waals surface area (Å²) in [7, 11) is 0. The molecule has 38 heavy (non-hydrogen) atoms. The number of anilines is 1. The van der Waals surface area contributed by atoms with Crippen molar-refractivity contribution >= 4 is 11.6 Å². The highest BCUT2D eigenvalue weighted by molar-refractivity contribution is 5.97. The number of aromatic nitrogens is 1. The van der Waals surface area contributed by atoms with Crippen LogP contribution in [0.2, 0.25) is 0 Å². The fourth-order valence-corrected chi connectivity index (χ4v) is 5.89. The molecule has 2 aromatic rings. The number of rotatable bonds is 6. The molecule has 8 nitrogen and oxygen atoms in total. The molecule has 2 fully saturated rings. The van der Waals surface area contributed by atoms with Gasteiger partial charge in [-0.05, 0) is 63.4 Å². The van der Waals surface area contributed by atoms with Crippen LogP contribution in [0.4, 0.5) is 10.1 Å². The standard InChI is InChI=1S/C29H40FN5O3/c1-19-13-33(26(12-31-19)14-34-20(2)16-37-17-21(34)3)15-28(36)35-22(4)18-38-29-27(35)10-24(11-32-29)9-23-5-7-25(30)8-6-23/h5-8,10-11,19-22,26,31H,9,12-18H2,1-4H3/t19-,20-,21-,22?,26-/m1/s1. The van der Waals surface area contributed by atoms with Crippen molar-refractivity contribution in [3.63, 3.8) is 0 Å². The van der Waals surface area contributed by atoms with Gasteiger partial charge >= 0.3 is 0 Å². The van der Waals surface area contributed by atoms with Gasteiger partial charge in [-0.25, -0.2) is 9.37 Å². The minimum atomic E-state index is -0.255. The first-order chi connectivity index (χ1) is 18.3. The van der Waals surface area contributed by atoms with Gasteiger partial charge in [0.2, 0.25) is 11.8 Å². The normalized spacial score (nSPS) is 28.6. The van der Waals surface area contributed by atoms with Crippen LogP contribution in [0.25, 0.3) is 0 Å². The summed E-state index contributed by atoms with van der Waals surface area (Å²) >= 11 is 0. The van der Waals surface area contributed by atoms with E-state index >= 15 is 0 Å². The Bertz CT molecular complexity index is 1110. The summed E-state index contributed by atoms with van der Waals surface area (Å²) in [6.07, 6.45) is 2.38. The van der Waals surface area contributed by atoms with Crippen LogP contribution in [0.15, 0.2) is 36.5 Å². The first kappa shape index (κ1) is 27.0. The number of hydrogen-bond acceptors (Lipinski definition) is 7. The SMILES string of the molecule is CC1COc2ncc(Cc3ccc(F)cc3)cc2N1C(=O)CN1C[C@@H](C)NC[C@@H]1CN1[C@H](C)COC[C@H]1C. The zero-order valence-corrected chi connectivity index (χ0v) is 22.9. The molecule has 3 aliphatic rings. The van der Waals surface area contributed by atoms with E-state index in [2.05, 4.69) is 40.9 Å². The van der Waals surface area contributed by atoms with E-state index in [1.165, 1.54) is 12.1 Å². The van der Waals surface area contributed by atoms with Crippen LogP contribution < -0.4 is 15.0 Å². The fraction of sp³-hybridized carbons (Fsp3) is 0.586. The second kappa shape index (κ2) is 11.7. The molecule has 0 saturated carbocycles. The topological polar surface area (TPSA) is 70.2 Å². The van der Waals surface area contributed by atoms with Gasteiger partial charge in [0, 0.05) is 50.0 Å². The number of morpholine rings is 1. The summed E-state index contributed by atoms with van der Waals surface area (Å²) in [6, 6.07) is 9.63. The maximum absolute atomic E-state index is 13.9. The van der Waals surface area contributed by atoms with E-state index in [-0.39, 0.29) is 23.8 Å². The summed E-state index contributed by atoms with van der Waals surface area (Å²) in [5, 5.41) is 3.61. The molecule has 9 heteroatoms. The summed E-state index contributed by atoms with van der Waals surface area (Å²) in [5.74, 6) is 0.292. The van der Waals surface area contributed by atoms with Gasteiger partial charge in [0.1, 0.15) is 18.1 Å². The monoisotopic (exact) mass is 525 g/mol.